The Balaban J connectivity index is 0.00000185. The van der Waals surface area contributed by atoms with Crippen molar-refractivity contribution in [3.05, 3.63) is 168 Å². The van der Waals surface area contributed by atoms with E-state index in [1.54, 1.807) is 6.07 Å². The molecule has 0 saturated heterocycles. The van der Waals surface area contributed by atoms with Crippen molar-refractivity contribution in [3.8, 4) is 28.6 Å². The van der Waals surface area contributed by atoms with E-state index in [0.717, 1.165) is 45.5 Å². The van der Waals surface area contributed by atoms with Gasteiger partial charge in [0, 0.05) is 27.1 Å². The van der Waals surface area contributed by atoms with Gasteiger partial charge in [0.25, 0.3) is 0 Å². The third-order valence-electron chi connectivity index (χ3n) is 10.5. The molecule has 0 atom stereocenters. The van der Waals surface area contributed by atoms with Gasteiger partial charge in [0.1, 0.15) is 0 Å². The SMILES string of the molecule is C=C.C=C.N#Cc1cc(-n2c3ccc(C(F)(F)F)cc3c3cc(C(F)(F)F)ccc32)c(-n2c3ccc(C(F)(F)F)cc3c3cc(C(F)(F)F)ccc32)cc1-c1ccc(C(F)(F)F)cc1C(F)(F)F. The average molecular weight is 974 g/mol. The van der Waals surface area contributed by atoms with E-state index >= 15 is 0 Å². The lowest BCUT2D eigenvalue weighted by Crippen LogP contribution is -2.13. The molecule has 354 valence electrons. The summed E-state index contributed by atoms with van der Waals surface area (Å²) in [6.07, 6.45) is -31.2. The van der Waals surface area contributed by atoms with Gasteiger partial charge in [0.05, 0.1) is 78.5 Å². The molecule has 68 heavy (non-hydrogen) atoms. The Bertz CT molecular complexity index is 3150. The Morgan fingerprint density at radius 2 is 0.618 bits per heavy atom. The smallest absolute Gasteiger partial charge is 0.307 e. The van der Waals surface area contributed by atoms with E-state index in [4.69, 9.17) is 0 Å². The minimum absolute atomic E-state index is 0.251. The summed E-state index contributed by atoms with van der Waals surface area (Å²) in [6, 6.07) is 10.7. The Morgan fingerprint density at radius 3 is 0.897 bits per heavy atom. The first kappa shape index (κ1) is 50.1. The van der Waals surface area contributed by atoms with Crippen molar-refractivity contribution in [3.63, 3.8) is 0 Å². The van der Waals surface area contributed by atoms with Gasteiger partial charge in [-0.25, -0.2) is 0 Å². The lowest BCUT2D eigenvalue weighted by atomic mass is 9.92. The fourth-order valence-electron chi connectivity index (χ4n) is 7.71. The molecule has 0 amide bonds. The maximum absolute atomic E-state index is 14.7. The highest BCUT2D eigenvalue weighted by Gasteiger charge is 2.40. The molecule has 8 rings (SSSR count). The number of aromatic nitrogens is 2. The van der Waals surface area contributed by atoms with Gasteiger partial charge >= 0.3 is 37.1 Å². The second-order valence-electron chi connectivity index (χ2n) is 14.3. The zero-order valence-electron chi connectivity index (χ0n) is 33.8. The summed E-state index contributed by atoms with van der Waals surface area (Å²) in [5.74, 6) is 0. The number of benzene rings is 6. The normalized spacial score (nSPS) is 12.8. The maximum atomic E-state index is 14.7. The number of nitrogens with zero attached hydrogens (tertiary/aromatic N) is 3. The number of fused-ring (bicyclic) bond motifs is 6. The van der Waals surface area contributed by atoms with Gasteiger partial charge in [0.2, 0.25) is 0 Å². The van der Waals surface area contributed by atoms with E-state index in [1.165, 1.54) is 0 Å². The Hall–Kier alpha value is -7.37. The predicted molar refractivity (Wildman–Crippen MR) is 218 cm³/mol. The van der Waals surface area contributed by atoms with Crippen molar-refractivity contribution in [2.24, 2.45) is 0 Å². The molecule has 0 aliphatic rings. The van der Waals surface area contributed by atoms with Gasteiger partial charge in [-0.15, -0.1) is 26.3 Å². The Morgan fingerprint density at radius 1 is 0.338 bits per heavy atom. The third kappa shape index (κ3) is 8.93. The number of hydrogen-bond donors (Lipinski definition) is 0. The summed E-state index contributed by atoms with van der Waals surface area (Å²) >= 11 is 0. The zero-order chi connectivity index (χ0) is 50.9. The van der Waals surface area contributed by atoms with Crippen LogP contribution in [0.15, 0.2) is 129 Å². The number of hydrogen-bond acceptors (Lipinski definition) is 1. The van der Waals surface area contributed by atoms with Crippen LogP contribution in [0.4, 0.5) is 79.0 Å². The lowest BCUT2D eigenvalue weighted by Gasteiger charge is -2.21. The van der Waals surface area contributed by atoms with Crippen LogP contribution in [-0.2, 0) is 37.1 Å². The van der Waals surface area contributed by atoms with E-state index in [9.17, 15) is 84.3 Å². The molecule has 0 radical (unpaired) electrons. The van der Waals surface area contributed by atoms with Crippen molar-refractivity contribution < 1.29 is 79.0 Å². The van der Waals surface area contributed by atoms with Crippen LogP contribution in [0.3, 0.4) is 0 Å². The van der Waals surface area contributed by atoms with Crippen LogP contribution in [0, 0.1) is 11.3 Å². The molecule has 21 heteroatoms. The Kier molecular flexibility index (Phi) is 12.6. The van der Waals surface area contributed by atoms with E-state index in [2.05, 4.69) is 26.3 Å². The quantitative estimate of drug-likeness (QED) is 0.128. The van der Waals surface area contributed by atoms with Gasteiger partial charge in [-0.05, 0) is 103 Å². The van der Waals surface area contributed by atoms with E-state index < -0.39 is 120 Å². The Labute approximate surface area is 370 Å². The first-order chi connectivity index (χ1) is 31.5. The fraction of sp³-hybridized carbons (Fsp3) is 0.128. The summed E-state index contributed by atoms with van der Waals surface area (Å²) < 4.78 is 256. The van der Waals surface area contributed by atoms with Crippen LogP contribution < -0.4 is 0 Å². The zero-order valence-corrected chi connectivity index (χ0v) is 33.8. The molecular weight excluding hydrogens is 949 g/mol. The molecule has 8 aromatic rings. The fourth-order valence-corrected chi connectivity index (χ4v) is 7.71. The minimum atomic E-state index is -5.57. The summed E-state index contributed by atoms with van der Waals surface area (Å²) in [5.41, 5.74) is -14.3. The van der Waals surface area contributed by atoms with Gasteiger partial charge < -0.3 is 9.13 Å². The summed E-state index contributed by atoms with van der Waals surface area (Å²) in [5, 5.41) is 8.37. The van der Waals surface area contributed by atoms with Crippen LogP contribution in [0.2, 0.25) is 0 Å². The number of rotatable bonds is 3. The largest absolute Gasteiger partial charge is 0.417 e. The van der Waals surface area contributed by atoms with Crippen LogP contribution in [0.25, 0.3) is 66.1 Å². The van der Waals surface area contributed by atoms with Gasteiger partial charge in [-0.3, -0.25) is 0 Å². The molecular formula is C47H25F18N3. The number of alkyl halides is 18. The van der Waals surface area contributed by atoms with Crippen LogP contribution in [-0.4, -0.2) is 9.13 Å². The second-order valence-corrected chi connectivity index (χ2v) is 14.3. The summed E-state index contributed by atoms with van der Waals surface area (Å²) in [7, 11) is 0. The molecule has 0 saturated carbocycles. The molecule has 0 aliphatic carbocycles. The van der Waals surface area contributed by atoms with Crippen molar-refractivity contribution in [1.29, 1.82) is 5.26 Å². The summed E-state index contributed by atoms with van der Waals surface area (Å²) in [6.45, 7) is 12.0. The first-order valence-corrected chi connectivity index (χ1v) is 18.8. The van der Waals surface area contributed by atoms with Crippen molar-refractivity contribution in [1.82, 2.24) is 9.13 Å². The van der Waals surface area contributed by atoms with Crippen molar-refractivity contribution >= 4 is 43.6 Å². The highest BCUT2D eigenvalue weighted by molar-refractivity contribution is 6.12. The average Bonchev–Trinajstić information content (AvgIpc) is 3.76. The van der Waals surface area contributed by atoms with Gasteiger partial charge in [0.15, 0.2) is 0 Å². The number of halogens is 18. The van der Waals surface area contributed by atoms with Crippen LogP contribution in [0.1, 0.15) is 38.9 Å². The molecule has 0 bridgehead atoms. The van der Waals surface area contributed by atoms with Crippen molar-refractivity contribution in [2.75, 3.05) is 0 Å². The molecule has 3 nitrogen and oxygen atoms in total. The van der Waals surface area contributed by atoms with Crippen LogP contribution in [0.5, 0.6) is 0 Å². The van der Waals surface area contributed by atoms with Gasteiger partial charge in [-0.1, -0.05) is 6.07 Å². The molecule has 0 fully saturated rings. The highest BCUT2D eigenvalue weighted by Crippen LogP contribution is 2.48. The minimum Gasteiger partial charge on any atom is -0.307 e. The number of nitriles is 1. The predicted octanol–water partition coefficient (Wildman–Crippen LogP) is 17.1. The molecule has 0 N–H and O–H groups in total. The third-order valence-corrected chi connectivity index (χ3v) is 10.5. The first-order valence-electron chi connectivity index (χ1n) is 18.8. The standard InChI is InChI=1S/C43H17F18N3.2C2H4/c44-38(45,46)20-2-7-32-27(12-20)28-13-21(39(47,48)49)3-8-33(28)63(32)36-11-19(18-62)26(25-6-1-24(42(56,57)58)16-31(25)43(59,60)61)17-37(36)64-34-9-4-22(40(50,51)52)14-29(34)30-15-23(41(53,54)55)5-10-35(30)64;2*1-2/h1-17H;2*1-2H2. The van der Waals surface area contributed by atoms with E-state index in [-0.39, 0.29) is 34.2 Å². The molecule has 2 heterocycles. The van der Waals surface area contributed by atoms with Crippen molar-refractivity contribution in [2.45, 2.75) is 37.1 Å². The molecule has 6 aromatic carbocycles. The monoisotopic (exact) mass is 973 g/mol. The van der Waals surface area contributed by atoms with Crippen LogP contribution >= 0.6 is 0 Å². The topological polar surface area (TPSA) is 33.6 Å². The van der Waals surface area contributed by atoms with Gasteiger partial charge in [-0.2, -0.15) is 84.3 Å². The highest BCUT2D eigenvalue weighted by atomic mass is 19.4. The lowest BCUT2D eigenvalue weighted by molar-refractivity contribution is -0.143. The molecule has 0 spiro atoms. The summed E-state index contributed by atoms with van der Waals surface area (Å²) in [4.78, 5) is 0. The maximum Gasteiger partial charge on any atom is 0.417 e. The second kappa shape index (κ2) is 17.1. The molecule has 0 unspecified atom stereocenters. The van der Waals surface area contributed by atoms with E-state index in [0.29, 0.717) is 54.6 Å². The van der Waals surface area contributed by atoms with E-state index in [1.807, 2.05) is 0 Å². The molecule has 2 aromatic heterocycles. The molecule has 0 aliphatic heterocycles.